The maximum atomic E-state index is 11.7. The molecule has 1 aromatic carbocycles. The Hall–Kier alpha value is -2.49. The molecule has 0 amide bonds. The quantitative estimate of drug-likeness (QED) is 0.176. The highest BCUT2D eigenvalue weighted by Crippen LogP contribution is 2.16. The van der Waals surface area contributed by atoms with E-state index in [9.17, 15) is 29.7 Å². The number of benzene rings is 1. The summed E-state index contributed by atoms with van der Waals surface area (Å²) in [5, 5.41) is 38.2. The first-order valence-electron chi connectivity index (χ1n) is 12.9. The zero-order valence-corrected chi connectivity index (χ0v) is 22.5. The van der Waals surface area contributed by atoms with E-state index >= 15 is 0 Å². The smallest absolute Gasteiger partial charge is 0.320 e. The fourth-order valence-electron chi connectivity index (χ4n) is 4.13. The minimum atomic E-state index is -0.903. The number of carboxylic acid groups (broad SMARTS) is 3. The van der Waals surface area contributed by atoms with E-state index in [1.165, 1.54) is 0 Å². The minimum Gasteiger partial charge on any atom is -0.480 e. The molecule has 0 bridgehead atoms. The van der Waals surface area contributed by atoms with Crippen LogP contribution in [-0.4, -0.2) is 51.4 Å². The molecular weight excluding hydrogens is 462 g/mol. The summed E-state index contributed by atoms with van der Waals surface area (Å²) in [6.07, 6.45) is 2.17. The largest absolute Gasteiger partial charge is 0.480 e. The predicted molar refractivity (Wildman–Crippen MR) is 140 cm³/mol. The summed E-state index contributed by atoms with van der Waals surface area (Å²) in [7, 11) is 0. The van der Waals surface area contributed by atoms with Crippen molar-refractivity contribution in [3.05, 3.63) is 34.9 Å². The van der Waals surface area contributed by atoms with Crippen molar-refractivity contribution in [3.63, 3.8) is 0 Å². The molecule has 0 aliphatic rings. The molecule has 6 atom stereocenters. The van der Waals surface area contributed by atoms with E-state index in [0.29, 0.717) is 19.6 Å². The topological polar surface area (TPSA) is 148 Å². The first-order chi connectivity index (χ1) is 16.9. The minimum absolute atomic E-state index is 0.0489. The van der Waals surface area contributed by atoms with Crippen LogP contribution in [-0.2, 0) is 34.0 Å². The van der Waals surface area contributed by atoms with Gasteiger partial charge in [0.2, 0.25) is 0 Å². The molecule has 6 N–H and O–H groups in total. The van der Waals surface area contributed by atoms with E-state index in [2.05, 4.69) is 16.0 Å². The van der Waals surface area contributed by atoms with Gasteiger partial charge in [0.25, 0.3) is 0 Å². The number of rotatable bonds is 18. The first kappa shape index (κ1) is 31.5. The van der Waals surface area contributed by atoms with Crippen molar-refractivity contribution in [1.29, 1.82) is 0 Å². The third kappa shape index (κ3) is 9.87. The molecular formula is C27H45N3O6. The van der Waals surface area contributed by atoms with E-state index in [0.717, 1.165) is 36.0 Å². The molecule has 0 spiro atoms. The van der Waals surface area contributed by atoms with Gasteiger partial charge in [0.1, 0.15) is 18.1 Å². The molecule has 0 aliphatic carbocycles. The first-order valence-corrected chi connectivity index (χ1v) is 12.9. The van der Waals surface area contributed by atoms with E-state index in [-0.39, 0.29) is 17.8 Å². The zero-order chi connectivity index (χ0) is 27.4. The van der Waals surface area contributed by atoms with Gasteiger partial charge in [-0.2, -0.15) is 0 Å². The molecule has 1 rings (SSSR count). The van der Waals surface area contributed by atoms with Crippen molar-refractivity contribution < 1.29 is 29.7 Å². The second kappa shape index (κ2) is 15.6. The Bertz CT molecular complexity index is 740. The van der Waals surface area contributed by atoms with Crippen molar-refractivity contribution in [2.24, 2.45) is 17.8 Å². The van der Waals surface area contributed by atoms with Gasteiger partial charge in [0, 0.05) is 19.6 Å². The summed E-state index contributed by atoms with van der Waals surface area (Å²) < 4.78 is 0. The SMILES string of the molecule is CC[C@H](C)[C@H](NCc1cc(CN[C@H](C(=O)O)[C@@H](C)CC)cc(CN[C@H](C(=O)O)[C@@H](C)CC)c1)C(=O)O. The number of aliphatic carboxylic acids is 3. The Morgan fingerprint density at radius 1 is 0.583 bits per heavy atom. The fraction of sp³-hybridized carbons (Fsp3) is 0.667. The van der Waals surface area contributed by atoms with E-state index in [1.807, 2.05) is 59.7 Å². The third-order valence-corrected chi connectivity index (χ3v) is 7.13. The summed E-state index contributed by atoms with van der Waals surface area (Å²) in [5.41, 5.74) is 2.56. The second-order valence-corrected chi connectivity index (χ2v) is 9.90. The van der Waals surface area contributed by atoms with Gasteiger partial charge in [0.05, 0.1) is 0 Å². The summed E-state index contributed by atoms with van der Waals surface area (Å²) >= 11 is 0. The lowest BCUT2D eigenvalue weighted by molar-refractivity contribution is -0.141. The second-order valence-electron chi connectivity index (χ2n) is 9.90. The lowest BCUT2D eigenvalue weighted by Crippen LogP contribution is -2.42. The molecule has 0 fully saturated rings. The Balaban J connectivity index is 3.18. The number of hydrogen-bond acceptors (Lipinski definition) is 6. The zero-order valence-electron chi connectivity index (χ0n) is 22.5. The molecule has 1 aromatic rings. The number of hydrogen-bond donors (Lipinski definition) is 6. The van der Waals surface area contributed by atoms with Crippen molar-refractivity contribution in [3.8, 4) is 0 Å². The van der Waals surface area contributed by atoms with Crippen LogP contribution in [0, 0.1) is 17.8 Å². The van der Waals surface area contributed by atoms with Crippen LogP contribution in [0.1, 0.15) is 77.5 Å². The van der Waals surface area contributed by atoms with Crippen LogP contribution in [0.15, 0.2) is 18.2 Å². The van der Waals surface area contributed by atoms with Crippen LogP contribution in [0.25, 0.3) is 0 Å². The number of carboxylic acids is 3. The van der Waals surface area contributed by atoms with Crippen LogP contribution in [0.4, 0.5) is 0 Å². The Labute approximate surface area is 215 Å². The maximum Gasteiger partial charge on any atom is 0.320 e. The average molecular weight is 508 g/mol. The van der Waals surface area contributed by atoms with Gasteiger partial charge in [0.15, 0.2) is 0 Å². The lowest BCUT2D eigenvalue weighted by Gasteiger charge is -2.23. The van der Waals surface area contributed by atoms with E-state index in [4.69, 9.17) is 0 Å². The van der Waals surface area contributed by atoms with Gasteiger partial charge < -0.3 is 31.3 Å². The highest BCUT2D eigenvalue weighted by Gasteiger charge is 2.25. The highest BCUT2D eigenvalue weighted by atomic mass is 16.4. The van der Waals surface area contributed by atoms with Gasteiger partial charge in [-0.25, -0.2) is 0 Å². The number of nitrogens with one attached hydrogen (secondary N) is 3. The molecule has 0 saturated heterocycles. The van der Waals surface area contributed by atoms with E-state index in [1.54, 1.807) is 0 Å². The van der Waals surface area contributed by atoms with Crippen molar-refractivity contribution >= 4 is 17.9 Å². The molecule has 36 heavy (non-hydrogen) atoms. The van der Waals surface area contributed by atoms with Crippen LogP contribution in [0.2, 0.25) is 0 Å². The normalized spacial score (nSPS) is 16.5. The molecule has 9 nitrogen and oxygen atoms in total. The maximum absolute atomic E-state index is 11.7. The standard InChI is InChI=1S/C27H45N3O6/c1-7-16(4)22(25(31)32)28-13-19-10-20(14-29-23(26(33)34)17(5)8-2)12-21(11-19)15-30-24(27(35)36)18(6)9-3/h10-12,16-18,22-24,28-30H,7-9,13-15H2,1-6H3,(H,31,32)(H,33,34)(H,35,36)/t16-,17-,18-,22-,23-,24-/m0/s1. The van der Waals surface area contributed by atoms with Gasteiger partial charge in [-0.05, 0) is 34.4 Å². The van der Waals surface area contributed by atoms with Crippen molar-refractivity contribution in [1.82, 2.24) is 16.0 Å². The van der Waals surface area contributed by atoms with Crippen LogP contribution in [0.3, 0.4) is 0 Å². The van der Waals surface area contributed by atoms with Gasteiger partial charge in [-0.3, -0.25) is 14.4 Å². The highest BCUT2D eigenvalue weighted by molar-refractivity contribution is 5.74. The lowest BCUT2D eigenvalue weighted by atomic mass is 9.97. The average Bonchev–Trinajstić information content (AvgIpc) is 2.82. The fourth-order valence-corrected chi connectivity index (χ4v) is 4.13. The summed E-state index contributed by atoms with van der Waals surface area (Å²) in [6.45, 7) is 12.5. The van der Waals surface area contributed by atoms with Gasteiger partial charge >= 0.3 is 17.9 Å². The van der Waals surface area contributed by atoms with Crippen LogP contribution in [0.5, 0.6) is 0 Å². The van der Waals surface area contributed by atoms with Crippen molar-refractivity contribution in [2.45, 2.75) is 98.6 Å². The van der Waals surface area contributed by atoms with Gasteiger partial charge in [-0.1, -0.05) is 79.0 Å². The summed E-state index contributed by atoms with van der Waals surface area (Å²) in [6, 6.07) is 3.71. The monoisotopic (exact) mass is 507 g/mol. The Morgan fingerprint density at radius 3 is 0.972 bits per heavy atom. The molecule has 0 radical (unpaired) electrons. The Kier molecular flexibility index (Phi) is 13.7. The summed E-state index contributed by atoms with van der Waals surface area (Å²) in [5.74, 6) is -2.86. The van der Waals surface area contributed by atoms with Crippen LogP contribution >= 0.6 is 0 Å². The van der Waals surface area contributed by atoms with Crippen LogP contribution < -0.4 is 16.0 Å². The number of carbonyl (C=O) groups is 3. The molecule has 9 heteroatoms. The molecule has 0 aliphatic heterocycles. The summed E-state index contributed by atoms with van der Waals surface area (Å²) in [4.78, 5) is 35.2. The molecule has 0 unspecified atom stereocenters. The molecule has 0 aromatic heterocycles. The molecule has 0 saturated carbocycles. The predicted octanol–water partition coefficient (Wildman–Crippen LogP) is 3.45. The van der Waals surface area contributed by atoms with E-state index < -0.39 is 36.0 Å². The van der Waals surface area contributed by atoms with Crippen molar-refractivity contribution in [2.75, 3.05) is 0 Å². The molecule has 204 valence electrons. The van der Waals surface area contributed by atoms with Gasteiger partial charge in [-0.15, -0.1) is 0 Å². The Morgan fingerprint density at radius 2 is 0.806 bits per heavy atom. The molecule has 0 heterocycles. The third-order valence-electron chi connectivity index (χ3n) is 7.13.